The Morgan fingerprint density at radius 3 is 3.10 bits per heavy atom. The van der Waals surface area contributed by atoms with Gasteiger partial charge in [0.25, 0.3) is 5.91 Å². The van der Waals surface area contributed by atoms with Gasteiger partial charge < -0.3 is 15.2 Å². The van der Waals surface area contributed by atoms with E-state index in [9.17, 15) is 9.90 Å². The summed E-state index contributed by atoms with van der Waals surface area (Å²) in [6.45, 7) is 2.24. The van der Waals surface area contributed by atoms with E-state index < -0.39 is 5.60 Å². The predicted molar refractivity (Wildman–Crippen MR) is 72.4 cm³/mol. The number of methoxy groups -OCH3 is 1. The second-order valence-electron chi connectivity index (χ2n) is 4.89. The summed E-state index contributed by atoms with van der Waals surface area (Å²) >= 11 is 0. The zero-order chi connectivity index (χ0) is 14.6. The fourth-order valence-corrected chi connectivity index (χ4v) is 1.79. The topological polar surface area (TPSA) is 88.8 Å². The number of aromatic nitrogens is 3. The minimum atomic E-state index is -1.01. The molecule has 20 heavy (non-hydrogen) atoms. The summed E-state index contributed by atoms with van der Waals surface area (Å²) in [5.74, 6) is -0.286. The fraction of sp³-hybridized carbons (Fsp3) is 0.462. The number of hydrogen-bond donors (Lipinski definition) is 2. The maximum atomic E-state index is 12.1. The summed E-state index contributed by atoms with van der Waals surface area (Å²) in [7, 11) is 1.57. The minimum absolute atomic E-state index is 0.146. The molecular formula is C13H18N4O3. The van der Waals surface area contributed by atoms with Crippen molar-refractivity contribution < 1.29 is 14.6 Å². The summed E-state index contributed by atoms with van der Waals surface area (Å²) < 4.78 is 6.49. The van der Waals surface area contributed by atoms with Crippen LogP contribution in [-0.2, 0) is 4.74 Å². The summed E-state index contributed by atoms with van der Waals surface area (Å²) in [5, 5.41) is 16.8. The summed E-state index contributed by atoms with van der Waals surface area (Å²) in [4.78, 5) is 16.1. The van der Waals surface area contributed by atoms with Crippen LogP contribution in [0.5, 0.6) is 0 Å². The molecule has 2 heterocycles. The van der Waals surface area contributed by atoms with Crippen LogP contribution in [0.1, 0.15) is 23.7 Å². The molecule has 2 rings (SSSR count). The quantitative estimate of drug-likeness (QED) is 0.790. The first kappa shape index (κ1) is 14.4. The van der Waals surface area contributed by atoms with Gasteiger partial charge in [0, 0.05) is 39.1 Å². The van der Waals surface area contributed by atoms with Crippen molar-refractivity contribution in [2.75, 3.05) is 20.3 Å². The van der Waals surface area contributed by atoms with Crippen molar-refractivity contribution in [2.45, 2.75) is 18.9 Å². The monoisotopic (exact) mass is 278 g/mol. The van der Waals surface area contributed by atoms with Gasteiger partial charge in [0.15, 0.2) is 0 Å². The molecular weight excluding hydrogens is 260 g/mol. The smallest absolute Gasteiger partial charge is 0.255 e. The average molecular weight is 278 g/mol. The molecule has 1 unspecified atom stereocenters. The zero-order valence-corrected chi connectivity index (χ0v) is 11.5. The van der Waals surface area contributed by atoms with E-state index in [0.29, 0.717) is 24.1 Å². The van der Waals surface area contributed by atoms with Gasteiger partial charge in [0.2, 0.25) is 0 Å². The number of rotatable bonds is 6. The largest absolute Gasteiger partial charge is 0.388 e. The molecule has 108 valence electrons. The normalized spacial score (nSPS) is 14.2. The van der Waals surface area contributed by atoms with Gasteiger partial charge in [-0.15, -0.1) is 0 Å². The molecule has 7 nitrogen and oxygen atoms in total. The van der Waals surface area contributed by atoms with E-state index >= 15 is 0 Å². The highest BCUT2D eigenvalue weighted by Gasteiger charge is 2.22. The summed E-state index contributed by atoms with van der Waals surface area (Å²) in [6.07, 6.45) is 6.76. The van der Waals surface area contributed by atoms with Crippen molar-refractivity contribution in [1.82, 2.24) is 19.9 Å². The molecule has 0 spiro atoms. The molecule has 0 fully saturated rings. The molecule has 2 aromatic rings. The number of carbonyl (C=O) groups excluding carboxylic acids is 1. The lowest BCUT2D eigenvalue weighted by molar-refractivity contribution is 0.0244. The van der Waals surface area contributed by atoms with Crippen molar-refractivity contribution in [3.05, 3.63) is 30.4 Å². The molecule has 0 aromatic carbocycles. The summed E-state index contributed by atoms with van der Waals surface area (Å²) in [5.41, 5.74) is 0.0505. The predicted octanol–water partition coefficient (Wildman–Crippen LogP) is 0.247. The van der Waals surface area contributed by atoms with E-state index in [1.165, 1.54) is 6.20 Å². The highest BCUT2D eigenvalue weighted by atomic mass is 16.5. The van der Waals surface area contributed by atoms with Gasteiger partial charge in [-0.2, -0.15) is 5.10 Å². The Labute approximate surface area is 116 Å². The van der Waals surface area contributed by atoms with Gasteiger partial charge in [0.1, 0.15) is 0 Å². The van der Waals surface area contributed by atoms with Crippen LogP contribution in [0.15, 0.2) is 24.8 Å². The summed E-state index contributed by atoms with van der Waals surface area (Å²) in [6, 6.07) is 0. The Hall–Kier alpha value is -1.99. The number of aliphatic hydroxyl groups is 1. The Balaban J connectivity index is 2.02. The third kappa shape index (κ3) is 3.31. The van der Waals surface area contributed by atoms with E-state index in [1.54, 1.807) is 37.1 Å². The molecule has 0 radical (unpaired) electrons. The van der Waals surface area contributed by atoms with Crippen molar-refractivity contribution in [3.8, 4) is 0 Å². The van der Waals surface area contributed by atoms with E-state index in [1.807, 2.05) is 0 Å². The van der Waals surface area contributed by atoms with Crippen LogP contribution in [0.2, 0.25) is 0 Å². The van der Waals surface area contributed by atoms with Gasteiger partial charge in [0.05, 0.1) is 29.1 Å². The molecule has 2 N–H and O–H groups in total. The first-order chi connectivity index (χ1) is 9.53. The van der Waals surface area contributed by atoms with E-state index in [2.05, 4.69) is 15.4 Å². The van der Waals surface area contributed by atoms with E-state index in [-0.39, 0.29) is 12.5 Å². The van der Waals surface area contributed by atoms with Crippen molar-refractivity contribution in [1.29, 1.82) is 0 Å². The lowest BCUT2D eigenvalue weighted by Gasteiger charge is -2.23. The molecule has 0 aliphatic carbocycles. The Bertz CT molecular complexity index is 594. The van der Waals surface area contributed by atoms with Crippen molar-refractivity contribution >= 4 is 11.4 Å². The number of fused-ring (bicyclic) bond motifs is 1. The first-order valence-corrected chi connectivity index (χ1v) is 6.30. The third-order valence-electron chi connectivity index (χ3n) is 3.04. The molecule has 2 aromatic heterocycles. The number of carbonyl (C=O) groups is 1. The van der Waals surface area contributed by atoms with Gasteiger partial charge >= 0.3 is 0 Å². The molecule has 7 heteroatoms. The average Bonchev–Trinajstić information content (AvgIpc) is 2.87. The lowest BCUT2D eigenvalue weighted by Crippen LogP contribution is -2.41. The van der Waals surface area contributed by atoms with Crippen LogP contribution in [0.3, 0.4) is 0 Å². The second kappa shape index (κ2) is 5.98. The van der Waals surface area contributed by atoms with Crippen LogP contribution >= 0.6 is 0 Å². The van der Waals surface area contributed by atoms with Gasteiger partial charge in [-0.05, 0) is 6.92 Å². The van der Waals surface area contributed by atoms with Crippen LogP contribution in [-0.4, -0.2) is 51.5 Å². The Morgan fingerprint density at radius 1 is 1.55 bits per heavy atom. The highest BCUT2D eigenvalue weighted by Crippen LogP contribution is 2.11. The third-order valence-corrected chi connectivity index (χ3v) is 3.04. The fourth-order valence-electron chi connectivity index (χ4n) is 1.79. The lowest BCUT2D eigenvalue weighted by atomic mass is 10.0. The maximum absolute atomic E-state index is 12.1. The second-order valence-corrected chi connectivity index (χ2v) is 4.89. The van der Waals surface area contributed by atoms with Crippen molar-refractivity contribution in [3.63, 3.8) is 0 Å². The van der Waals surface area contributed by atoms with Gasteiger partial charge in [-0.3, -0.25) is 9.78 Å². The Morgan fingerprint density at radius 2 is 2.35 bits per heavy atom. The molecule has 0 aliphatic rings. The number of amides is 1. The SMILES string of the molecule is COCCC(C)(O)CNC(=O)c1cnn2ccncc12. The van der Waals surface area contributed by atoms with E-state index in [4.69, 9.17) is 4.74 Å². The van der Waals surface area contributed by atoms with E-state index in [0.717, 1.165) is 0 Å². The number of nitrogens with one attached hydrogen (secondary N) is 1. The minimum Gasteiger partial charge on any atom is -0.388 e. The van der Waals surface area contributed by atoms with Crippen LogP contribution in [0, 0.1) is 0 Å². The first-order valence-electron chi connectivity index (χ1n) is 6.30. The highest BCUT2D eigenvalue weighted by molar-refractivity contribution is 6.00. The van der Waals surface area contributed by atoms with Crippen LogP contribution in [0.4, 0.5) is 0 Å². The molecule has 0 saturated carbocycles. The molecule has 0 aliphatic heterocycles. The number of hydrogen-bond acceptors (Lipinski definition) is 5. The molecule has 1 amide bonds. The standard InChI is InChI=1S/C13H18N4O3/c1-13(19,3-6-20-2)9-15-12(18)10-7-16-17-5-4-14-8-11(10)17/h4-5,7-8,19H,3,6,9H2,1-2H3,(H,15,18). The zero-order valence-electron chi connectivity index (χ0n) is 11.5. The van der Waals surface area contributed by atoms with Crippen LogP contribution < -0.4 is 5.32 Å². The molecule has 0 bridgehead atoms. The van der Waals surface area contributed by atoms with Crippen LogP contribution in [0.25, 0.3) is 5.52 Å². The molecule has 0 saturated heterocycles. The van der Waals surface area contributed by atoms with Gasteiger partial charge in [-0.25, -0.2) is 4.52 Å². The molecule has 1 atom stereocenters. The van der Waals surface area contributed by atoms with Gasteiger partial charge in [-0.1, -0.05) is 0 Å². The number of nitrogens with zero attached hydrogens (tertiary/aromatic N) is 3. The number of ether oxygens (including phenoxy) is 1. The maximum Gasteiger partial charge on any atom is 0.255 e. The van der Waals surface area contributed by atoms with Crippen molar-refractivity contribution in [2.24, 2.45) is 0 Å². The Kier molecular flexibility index (Phi) is 4.31.